The molecule has 2 aromatic carbocycles. The summed E-state index contributed by atoms with van der Waals surface area (Å²) >= 11 is 0. The number of hydrogen-bond acceptors (Lipinski definition) is 7. The van der Waals surface area contributed by atoms with Crippen LogP contribution in [0.2, 0.25) is 0 Å². The Balaban J connectivity index is 2.16. The van der Waals surface area contributed by atoms with Crippen molar-refractivity contribution >= 4 is 11.7 Å². The standard InChI is InChI=1S/C18H21NO6/c1-12(2)8-9-24-19(14-6-4-3-5-7-14)25-18(23)13-10-15(20)17(22)16(21)11-13/h3-7,10-12,20-22H,8-9H2,1-2H3. The van der Waals surface area contributed by atoms with Gasteiger partial charge in [0.05, 0.1) is 12.2 Å². The molecule has 7 nitrogen and oxygen atoms in total. The molecule has 0 amide bonds. The topological polar surface area (TPSA) is 99.5 Å². The summed E-state index contributed by atoms with van der Waals surface area (Å²) in [6.07, 6.45) is 0.766. The number of aromatic hydroxyl groups is 3. The molecule has 0 bridgehead atoms. The molecule has 2 aromatic rings. The number of benzene rings is 2. The second-order valence-corrected chi connectivity index (χ2v) is 5.85. The van der Waals surface area contributed by atoms with Crippen LogP contribution in [0.4, 0.5) is 5.69 Å². The molecule has 0 fully saturated rings. The van der Waals surface area contributed by atoms with Crippen LogP contribution >= 0.6 is 0 Å². The molecule has 134 valence electrons. The third-order valence-corrected chi connectivity index (χ3v) is 3.34. The SMILES string of the molecule is CC(C)CCON(OC(=O)c1cc(O)c(O)c(O)c1)c1ccccc1. The van der Waals surface area contributed by atoms with Gasteiger partial charge in [0.2, 0.25) is 0 Å². The predicted molar refractivity (Wildman–Crippen MR) is 91.2 cm³/mol. The van der Waals surface area contributed by atoms with E-state index in [0.717, 1.165) is 23.8 Å². The molecule has 0 radical (unpaired) electrons. The summed E-state index contributed by atoms with van der Waals surface area (Å²) < 4.78 is 0. The lowest BCUT2D eigenvalue weighted by Gasteiger charge is -2.22. The Hall–Kier alpha value is -2.93. The summed E-state index contributed by atoms with van der Waals surface area (Å²) in [7, 11) is 0. The number of phenolic OH excluding ortho intramolecular Hbond substituents is 3. The summed E-state index contributed by atoms with van der Waals surface area (Å²) in [5, 5.41) is 29.4. The van der Waals surface area contributed by atoms with E-state index in [-0.39, 0.29) is 5.56 Å². The van der Waals surface area contributed by atoms with Crippen LogP contribution < -0.4 is 5.23 Å². The molecule has 0 aliphatic rings. The number of carbonyl (C=O) groups is 1. The van der Waals surface area contributed by atoms with Crippen LogP contribution in [0.15, 0.2) is 42.5 Å². The number of rotatable bonds is 7. The maximum atomic E-state index is 12.3. The molecule has 0 spiro atoms. The molecule has 25 heavy (non-hydrogen) atoms. The first-order valence-corrected chi connectivity index (χ1v) is 7.83. The average molecular weight is 347 g/mol. The number of carbonyl (C=O) groups excluding carboxylic acids is 1. The van der Waals surface area contributed by atoms with Crippen molar-refractivity contribution in [3.8, 4) is 17.2 Å². The first kappa shape index (κ1) is 18.4. The van der Waals surface area contributed by atoms with Crippen molar-refractivity contribution in [1.82, 2.24) is 0 Å². The van der Waals surface area contributed by atoms with E-state index in [9.17, 15) is 20.1 Å². The zero-order valence-electron chi connectivity index (χ0n) is 14.0. The van der Waals surface area contributed by atoms with Crippen molar-refractivity contribution in [2.24, 2.45) is 5.92 Å². The second kappa shape index (κ2) is 8.25. The number of phenols is 3. The fraction of sp³-hybridized carbons (Fsp3) is 0.278. The minimum absolute atomic E-state index is 0.138. The molecule has 3 N–H and O–H groups in total. The minimum atomic E-state index is -0.862. The summed E-state index contributed by atoms with van der Waals surface area (Å²) in [6, 6.07) is 10.7. The van der Waals surface area contributed by atoms with Gasteiger partial charge in [0.25, 0.3) is 0 Å². The van der Waals surface area contributed by atoms with Crippen LogP contribution in [0.25, 0.3) is 0 Å². The van der Waals surface area contributed by atoms with Gasteiger partial charge in [-0.15, -0.1) is 0 Å². The first-order valence-electron chi connectivity index (χ1n) is 7.83. The number of para-hydroxylation sites is 1. The number of hydrogen-bond donors (Lipinski definition) is 3. The van der Waals surface area contributed by atoms with E-state index < -0.39 is 23.2 Å². The van der Waals surface area contributed by atoms with Crippen molar-refractivity contribution in [2.45, 2.75) is 20.3 Å². The first-order chi connectivity index (χ1) is 11.9. The van der Waals surface area contributed by atoms with Crippen LogP contribution in [0.1, 0.15) is 30.6 Å². The molecular formula is C18H21NO6. The fourth-order valence-corrected chi connectivity index (χ4v) is 1.92. The number of nitrogens with zero attached hydrogens (tertiary/aromatic N) is 1. The van der Waals surface area contributed by atoms with E-state index in [0.29, 0.717) is 18.2 Å². The molecule has 7 heteroatoms. The predicted octanol–water partition coefficient (Wildman–Crippen LogP) is 3.36. The maximum absolute atomic E-state index is 12.3. The van der Waals surface area contributed by atoms with Crippen LogP contribution in [0, 0.1) is 5.92 Å². The van der Waals surface area contributed by atoms with Gasteiger partial charge in [-0.2, -0.15) is 0 Å². The van der Waals surface area contributed by atoms with Crippen molar-refractivity contribution in [3.63, 3.8) is 0 Å². The smallest absolute Gasteiger partial charge is 0.366 e. The monoisotopic (exact) mass is 347 g/mol. The lowest BCUT2D eigenvalue weighted by Crippen LogP contribution is -2.28. The normalized spacial score (nSPS) is 10.7. The molecule has 0 unspecified atom stereocenters. The Morgan fingerprint density at radius 3 is 2.24 bits per heavy atom. The van der Waals surface area contributed by atoms with Gasteiger partial charge in [0.1, 0.15) is 5.69 Å². The van der Waals surface area contributed by atoms with E-state index in [1.807, 2.05) is 19.9 Å². The molecule has 2 rings (SSSR count). The van der Waals surface area contributed by atoms with Gasteiger partial charge in [-0.05, 0) is 36.6 Å². The summed E-state index contributed by atoms with van der Waals surface area (Å²) in [5.41, 5.74) is 0.369. The van der Waals surface area contributed by atoms with Gasteiger partial charge in [-0.1, -0.05) is 37.3 Å². The van der Waals surface area contributed by atoms with Crippen molar-refractivity contribution < 1.29 is 29.8 Å². The fourth-order valence-electron chi connectivity index (χ4n) is 1.92. The minimum Gasteiger partial charge on any atom is -0.504 e. The van der Waals surface area contributed by atoms with E-state index in [1.54, 1.807) is 24.3 Å². The van der Waals surface area contributed by atoms with E-state index >= 15 is 0 Å². The van der Waals surface area contributed by atoms with Crippen molar-refractivity contribution in [3.05, 3.63) is 48.0 Å². The van der Waals surface area contributed by atoms with Gasteiger partial charge < -0.3 is 20.2 Å². The molecule has 0 aromatic heterocycles. The largest absolute Gasteiger partial charge is 0.504 e. The highest BCUT2D eigenvalue weighted by molar-refractivity contribution is 5.91. The lowest BCUT2D eigenvalue weighted by molar-refractivity contribution is -0.0639. The molecule has 0 atom stereocenters. The molecule has 0 saturated carbocycles. The Morgan fingerprint density at radius 2 is 1.68 bits per heavy atom. The van der Waals surface area contributed by atoms with Crippen LogP contribution in [0.3, 0.4) is 0 Å². The Labute approximate surface area is 145 Å². The molecule has 0 heterocycles. The van der Waals surface area contributed by atoms with E-state index in [1.165, 1.54) is 0 Å². The molecule has 0 aliphatic heterocycles. The third-order valence-electron chi connectivity index (χ3n) is 3.34. The molecule has 0 saturated heterocycles. The zero-order chi connectivity index (χ0) is 18.4. The van der Waals surface area contributed by atoms with Gasteiger partial charge in [0.15, 0.2) is 17.2 Å². The Bertz CT molecular complexity index is 694. The van der Waals surface area contributed by atoms with Crippen molar-refractivity contribution in [2.75, 3.05) is 11.8 Å². The lowest BCUT2D eigenvalue weighted by atomic mass is 10.1. The highest BCUT2D eigenvalue weighted by Gasteiger charge is 2.19. The highest BCUT2D eigenvalue weighted by Crippen LogP contribution is 2.35. The maximum Gasteiger partial charge on any atom is 0.366 e. The van der Waals surface area contributed by atoms with Gasteiger partial charge in [0, 0.05) is 0 Å². The van der Waals surface area contributed by atoms with Crippen LogP contribution in [-0.4, -0.2) is 27.9 Å². The summed E-state index contributed by atoms with van der Waals surface area (Å²) in [5.74, 6) is -2.40. The summed E-state index contributed by atoms with van der Waals surface area (Å²) in [6.45, 7) is 4.43. The van der Waals surface area contributed by atoms with Gasteiger partial charge in [-0.25, -0.2) is 9.63 Å². The zero-order valence-corrected chi connectivity index (χ0v) is 14.0. The van der Waals surface area contributed by atoms with E-state index in [4.69, 9.17) is 9.68 Å². The van der Waals surface area contributed by atoms with Crippen LogP contribution in [-0.2, 0) is 9.68 Å². The third kappa shape index (κ3) is 5.02. The highest BCUT2D eigenvalue weighted by atomic mass is 17.0. The Morgan fingerprint density at radius 1 is 1.08 bits per heavy atom. The van der Waals surface area contributed by atoms with Crippen LogP contribution in [0.5, 0.6) is 17.2 Å². The number of anilines is 1. The second-order valence-electron chi connectivity index (χ2n) is 5.85. The molecular weight excluding hydrogens is 326 g/mol. The van der Waals surface area contributed by atoms with Gasteiger partial charge >= 0.3 is 5.97 Å². The van der Waals surface area contributed by atoms with Crippen molar-refractivity contribution in [1.29, 1.82) is 0 Å². The quantitative estimate of drug-likeness (QED) is 0.521. The average Bonchev–Trinajstić information content (AvgIpc) is 2.58. The van der Waals surface area contributed by atoms with Gasteiger partial charge in [-0.3, -0.25) is 0 Å². The molecule has 0 aliphatic carbocycles. The Kier molecular flexibility index (Phi) is 6.08. The van der Waals surface area contributed by atoms with E-state index in [2.05, 4.69) is 0 Å². The summed E-state index contributed by atoms with van der Waals surface area (Å²) in [4.78, 5) is 23.0.